The van der Waals surface area contributed by atoms with Gasteiger partial charge >= 0.3 is 0 Å². The molecule has 0 aromatic heterocycles. The number of hydrogen-bond acceptors (Lipinski definition) is 6. The van der Waals surface area contributed by atoms with Gasteiger partial charge in [0, 0.05) is 10.8 Å². The molecular formula is C74H120N6. The molecule has 6 heteroatoms. The minimum Gasteiger partial charge on any atom is -0.309 e. The largest absolute Gasteiger partial charge is 0.309 e. The molecule has 0 spiro atoms. The van der Waals surface area contributed by atoms with Crippen LogP contribution in [0.2, 0.25) is 0 Å². The van der Waals surface area contributed by atoms with Crippen LogP contribution >= 0.6 is 0 Å². The van der Waals surface area contributed by atoms with Crippen LogP contribution in [0.15, 0.2) is 72.8 Å². The van der Waals surface area contributed by atoms with Gasteiger partial charge in [0.1, 0.15) is 0 Å². The quantitative estimate of drug-likeness (QED) is 0.0409. The Balaban J connectivity index is 1.34. The third kappa shape index (κ3) is 19.3. The molecule has 0 heterocycles. The minimum atomic E-state index is 0.00468. The molecule has 0 saturated carbocycles. The van der Waals surface area contributed by atoms with E-state index in [2.05, 4.69) is 186 Å². The molecule has 0 unspecified atom stereocenters. The van der Waals surface area contributed by atoms with Crippen molar-refractivity contribution < 1.29 is 0 Å². The zero-order chi connectivity index (χ0) is 57.3. The number of fused-ring (bicyclic) bond motifs is 6. The van der Waals surface area contributed by atoms with Crippen molar-refractivity contribution in [3.63, 3.8) is 0 Å². The van der Waals surface area contributed by atoms with Gasteiger partial charge in [0.2, 0.25) is 0 Å². The first-order chi connectivity index (χ1) is 38.7. The maximum atomic E-state index is 2.79. The highest BCUT2D eigenvalue weighted by molar-refractivity contribution is 5.87. The van der Waals surface area contributed by atoms with Gasteiger partial charge in [-0.25, -0.2) is 0 Å². The fourth-order valence-electron chi connectivity index (χ4n) is 14.3. The van der Waals surface area contributed by atoms with Crippen LogP contribution in [-0.2, 0) is 10.8 Å². The summed E-state index contributed by atoms with van der Waals surface area (Å²) in [6.45, 7) is 21.3. The number of nitrogens with zero attached hydrogens (tertiary/aromatic N) is 6. The molecule has 2 aliphatic rings. The van der Waals surface area contributed by atoms with E-state index in [0.717, 1.165) is 26.2 Å². The zero-order valence-corrected chi connectivity index (χ0v) is 54.1. The minimum absolute atomic E-state index is 0.00468. The summed E-state index contributed by atoms with van der Waals surface area (Å²) in [7, 11) is 17.8. The Hall–Kier alpha value is -3.36. The van der Waals surface area contributed by atoms with Gasteiger partial charge in [0.05, 0.1) is 0 Å². The second-order valence-corrected chi connectivity index (χ2v) is 26.8. The molecule has 0 radical (unpaired) electrons. The number of unbranched alkanes of at least 4 members (excludes halogenated alkanes) is 14. The Morgan fingerprint density at radius 2 is 0.537 bits per heavy atom. The Labute approximate surface area is 493 Å². The molecule has 4 aromatic carbocycles. The normalized spacial score (nSPS) is 14.2. The lowest BCUT2D eigenvalue weighted by Crippen LogP contribution is -2.31. The summed E-state index contributed by atoms with van der Waals surface area (Å²) >= 11 is 0. The van der Waals surface area contributed by atoms with Gasteiger partial charge in [-0.2, -0.15) is 0 Å². The van der Waals surface area contributed by atoms with Gasteiger partial charge < -0.3 is 29.4 Å². The van der Waals surface area contributed by atoms with Gasteiger partial charge in [-0.3, -0.25) is 0 Å². The molecule has 446 valence electrons. The predicted molar refractivity (Wildman–Crippen MR) is 352 cm³/mol. The number of aryl methyl sites for hydroxylation is 2. The maximum absolute atomic E-state index is 2.79. The summed E-state index contributed by atoms with van der Waals surface area (Å²) < 4.78 is 0. The first-order valence-electron chi connectivity index (χ1n) is 33.3. The molecular weight excluding hydrogens is 973 g/mol. The maximum Gasteiger partial charge on any atom is 0.0215 e. The van der Waals surface area contributed by atoms with Crippen molar-refractivity contribution in [1.82, 2.24) is 29.4 Å². The average Bonchev–Trinajstić information content (AvgIpc) is 4.08. The lowest BCUT2D eigenvalue weighted by atomic mass is 9.69. The van der Waals surface area contributed by atoms with Crippen LogP contribution in [0.1, 0.15) is 214 Å². The molecule has 2 aliphatic carbocycles. The van der Waals surface area contributed by atoms with Crippen molar-refractivity contribution in [3.8, 4) is 33.4 Å². The molecule has 0 N–H and O–H groups in total. The summed E-state index contributed by atoms with van der Waals surface area (Å²) in [4.78, 5) is 15.0. The molecule has 0 aliphatic heterocycles. The highest BCUT2D eigenvalue weighted by Gasteiger charge is 2.44. The van der Waals surface area contributed by atoms with Crippen molar-refractivity contribution in [2.24, 2.45) is 0 Å². The van der Waals surface area contributed by atoms with Crippen molar-refractivity contribution in [3.05, 3.63) is 106 Å². The van der Waals surface area contributed by atoms with E-state index in [1.54, 1.807) is 22.3 Å². The first kappa shape index (κ1) is 65.8. The van der Waals surface area contributed by atoms with E-state index in [-0.39, 0.29) is 10.8 Å². The van der Waals surface area contributed by atoms with E-state index in [1.165, 1.54) is 251 Å². The Morgan fingerprint density at radius 1 is 0.275 bits per heavy atom. The highest BCUT2D eigenvalue weighted by atomic mass is 15.1. The van der Waals surface area contributed by atoms with Gasteiger partial charge in [-0.1, -0.05) is 188 Å². The summed E-state index contributed by atoms with van der Waals surface area (Å²) in [5.41, 5.74) is 18.2. The van der Waals surface area contributed by atoms with Crippen LogP contribution in [-0.4, -0.2) is 151 Å². The van der Waals surface area contributed by atoms with Crippen LogP contribution in [0.25, 0.3) is 33.4 Å². The van der Waals surface area contributed by atoms with Gasteiger partial charge in [-0.15, -0.1) is 0 Å². The number of hydrogen-bond donors (Lipinski definition) is 0. The molecule has 6 nitrogen and oxygen atoms in total. The molecule has 0 atom stereocenters. The fraction of sp³-hybridized carbons (Fsp3) is 0.676. The van der Waals surface area contributed by atoms with Crippen LogP contribution in [0, 0.1) is 13.8 Å². The van der Waals surface area contributed by atoms with Crippen LogP contribution in [0.3, 0.4) is 0 Å². The van der Waals surface area contributed by atoms with Crippen LogP contribution < -0.4 is 0 Å². The molecule has 0 amide bonds. The van der Waals surface area contributed by atoms with Crippen LogP contribution in [0.4, 0.5) is 0 Å². The van der Waals surface area contributed by atoms with Gasteiger partial charge in [0.15, 0.2) is 0 Å². The predicted octanol–water partition coefficient (Wildman–Crippen LogP) is 17.5. The summed E-state index contributed by atoms with van der Waals surface area (Å²) in [6.07, 6.45) is 33.8. The molecule has 6 rings (SSSR count). The summed E-state index contributed by atoms with van der Waals surface area (Å²) in [5, 5.41) is 0. The number of benzene rings is 4. The molecule has 4 aromatic rings. The number of rotatable bonds is 43. The SMILES string of the molecule is CCCCCCCCC1(CCCCCCCC)c2cc(C)ccc2-c2ccc(-c3ccc4c(c3)C(CCCCCN(CCCN(C)C)CCCN(C)C)(CCCCCN(CCCN(C)C)CCCN(C)C)c3cc(C)ccc3-4)cc21. The van der Waals surface area contributed by atoms with E-state index in [0.29, 0.717) is 0 Å². The van der Waals surface area contributed by atoms with E-state index in [9.17, 15) is 0 Å². The lowest BCUT2D eigenvalue weighted by Gasteiger charge is -2.34. The second-order valence-electron chi connectivity index (χ2n) is 26.8. The van der Waals surface area contributed by atoms with E-state index in [4.69, 9.17) is 0 Å². The molecule has 0 bridgehead atoms. The lowest BCUT2D eigenvalue weighted by molar-refractivity contribution is 0.234. The van der Waals surface area contributed by atoms with Gasteiger partial charge in [0.25, 0.3) is 0 Å². The molecule has 0 fully saturated rings. The fourth-order valence-corrected chi connectivity index (χ4v) is 14.3. The average molecular weight is 1090 g/mol. The van der Waals surface area contributed by atoms with E-state index >= 15 is 0 Å². The van der Waals surface area contributed by atoms with Crippen molar-refractivity contribution in [1.29, 1.82) is 0 Å². The van der Waals surface area contributed by atoms with Crippen LogP contribution in [0.5, 0.6) is 0 Å². The smallest absolute Gasteiger partial charge is 0.0215 e. The third-order valence-corrected chi connectivity index (χ3v) is 18.8. The first-order valence-corrected chi connectivity index (χ1v) is 33.3. The zero-order valence-electron chi connectivity index (χ0n) is 54.1. The molecule has 0 saturated heterocycles. The van der Waals surface area contributed by atoms with Crippen molar-refractivity contribution in [2.75, 3.05) is 122 Å². The van der Waals surface area contributed by atoms with Gasteiger partial charge in [-0.05, 0) is 268 Å². The monoisotopic (exact) mass is 1090 g/mol. The third-order valence-electron chi connectivity index (χ3n) is 18.8. The second kappa shape index (κ2) is 34.4. The van der Waals surface area contributed by atoms with Crippen molar-refractivity contribution >= 4 is 0 Å². The van der Waals surface area contributed by atoms with Crippen molar-refractivity contribution in [2.45, 2.75) is 205 Å². The summed E-state index contributed by atoms with van der Waals surface area (Å²) in [5.74, 6) is 0. The standard InChI is InChI=1S/C74H120N6/c1-13-15-17-19-21-25-43-73(44-26-22-20-18-16-14-2)69-57-61(3)35-39-65(69)67-41-37-63(59-71(67)73)64-38-42-68-66-40-36-62(4)58-70(66)74(72(68)60-64,45-27-23-29-51-79(53-31-47-75(5)6)54-32-48-76(7)8)46-28-24-30-52-80(55-33-49-77(9)10)56-34-50-78(11)12/h35-42,57-60H,13-34,43-56H2,1-12H3. The Morgan fingerprint density at radius 3 is 0.850 bits per heavy atom. The Bertz CT molecular complexity index is 2290. The van der Waals surface area contributed by atoms with E-state index < -0.39 is 0 Å². The van der Waals surface area contributed by atoms with E-state index in [1.807, 2.05) is 0 Å². The Kier molecular flexibility index (Phi) is 28.3. The molecule has 80 heavy (non-hydrogen) atoms. The highest BCUT2D eigenvalue weighted by Crippen LogP contribution is 2.57. The summed E-state index contributed by atoms with van der Waals surface area (Å²) in [6, 6.07) is 30.6. The topological polar surface area (TPSA) is 19.4 Å².